The third-order valence-corrected chi connectivity index (χ3v) is 6.61. The maximum absolute atomic E-state index is 12.0. The van der Waals surface area contributed by atoms with Gasteiger partial charge in [-0.15, -0.1) is 0 Å². The van der Waals surface area contributed by atoms with Crippen LogP contribution in [0.2, 0.25) is 0 Å². The molecule has 2 aliphatic heterocycles. The van der Waals surface area contributed by atoms with Crippen LogP contribution in [-0.4, -0.2) is 35.0 Å². The molecule has 3 N–H and O–H groups in total. The molecule has 5 nitrogen and oxygen atoms in total. The molecule has 0 spiro atoms. The summed E-state index contributed by atoms with van der Waals surface area (Å²) in [5, 5.41) is 9.38. The van der Waals surface area contributed by atoms with Gasteiger partial charge in [0.1, 0.15) is 0 Å². The fourth-order valence-electron chi connectivity index (χ4n) is 3.06. The van der Waals surface area contributed by atoms with Crippen molar-refractivity contribution in [2.24, 2.45) is 0 Å². The number of hydrogen-bond donors (Lipinski definition) is 3. The van der Waals surface area contributed by atoms with Crippen LogP contribution in [0.3, 0.4) is 0 Å². The van der Waals surface area contributed by atoms with Gasteiger partial charge in [0.2, 0.25) is 0 Å². The second-order valence-electron chi connectivity index (χ2n) is 5.93. The molecule has 7 heteroatoms. The second kappa shape index (κ2) is 7.84. The van der Waals surface area contributed by atoms with Crippen LogP contribution in [0, 0.1) is 24.7 Å². The summed E-state index contributed by atoms with van der Waals surface area (Å²) in [6.07, 6.45) is 3.50. The van der Waals surface area contributed by atoms with Crippen LogP contribution in [0.1, 0.15) is 25.7 Å². The number of thioether (sulfide) groups is 1. The molecule has 1 aromatic rings. The first-order chi connectivity index (χ1) is 11.1. The minimum atomic E-state index is -0.0379. The number of urea groups is 1. The van der Waals surface area contributed by atoms with E-state index >= 15 is 0 Å². The maximum atomic E-state index is 12.0. The van der Waals surface area contributed by atoms with E-state index in [2.05, 4.69) is 16.0 Å². The van der Waals surface area contributed by atoms with Gasteiger partial charge in [-0.3, -0.25) is 0 Å². The first-order valence-electron chi connectivity index (χ1n) is 7.86. The Labute approximate surface area is 155 Å². The Morgan fingerprint density at radius 1 is 1.35 bits per heavy atom. The Morgan fingerprint density at radius 3 is 3.04 bits per heavy atom. The Hall–Kier alpha value is -0.807. The molecule has 3 amide bonds. The summed E-state index contributed by atoms with van der Waals surface area (Å²) in [6, 6.07) is 8.42. The summed E-state index contributed by atoms with van der Waals surface area (Å²) in [4.78, 5) is 23.3. The van der Waals surface area contributed by atoms with Gasteiger partial charge in [-0.25, -0.2) is 4.79 Å². The first-order valence-corrected chi connectivity index (χ1v) is 10.4. The van der Waals surface area contributed by atoms with Gasteiger partial charge in [0.25, 0.3) is 0 Å². The average molecular weight is 528 g/mol. The third kappa shape index (κ3) is 4.60. The number of amides is 3. The van der Waals surface area contributed by atoms with Crippen molar-refractivity contribution in [2.75, 3.05) is 11.1 Å². The fourth-order valence-corrected chi connectivity index (χ4v) is 5.35. The van der Waals surface area contributed by atoms with Crippen molar-refractivity contribution >= 4 is 32.7 Å². The Balaban J connectivity index is 1.35. The summed E-state index contributed by atoms with van der Waals surface area (Å²) in [5.41, 5.74) is 0.879. The molecule has 0 aromatic heterocycles. The molecule has 3 atom stereocenters. The number of carbonyl (C=O) groups is 2. The van der Waals surface area contributed by atoms with Crippen molar-refractivity contribution in [1.82, 2.24) is 10.6 Å². The van der Waals surface area contributed by atoms with Crippen LogP contribution in [0.15, 0.2) is 24.3 Å². The van der Waals surface area contributed by atoms with Gasteiger partial charge >= 0.3 is 146 Å². The molecule has 2 aliphatic rings. The van der Waals surface area contributed by atoms with Gasteiger partial charge in [0, 0.05) is 0 Å². The number of anilines is 1. The van der Waals surface area contributed by atoms with Crippen molar-refractivity contribution in [3.8, 4) is 0 Å². The van der Waals surface area contributed by atoms with Crippen molar-refractivity contribution in [3.63, 3.8) is 0 Å². The molecule has 0 saturated carbocycles. The average Bonchev–Trinajstić information content (AvgIpc) is 3.03. The first kappa shape index (κ1) is 17.0. The molecule has 0 bridgehead atoms. The molecular formula is C16H20AtN3O2S. The summed E-state index contributed by atoms with van der Waals surface area (Å²) >= 11 is 3.53. The number of rotatable bonds is 6. The molecule has 3 rings (SSSR count). The van der Waals surface area contributed by atoms with Crippen LogP contribution in [0.4, 0.5) is 10.5 Å². The number of unbranched alkanes of at least 4 members (excludes halogenated alkanes) is 1. The van der Waals surface area contributed by atoms with Gasteiger partial charge in [-0.05, 0) is 0 Å². The summed E-state index contributed by atoms with van der Waals surface area (Å²) < 4.78 is 1.20. The standard InChI is InChI=1S/C16H20AtN3O2S/c17-10-4-3-5-11(8-10)18-14(21)7-2-1-6-13-15-12(9-23-13)19-16(22)20-15/h3-5,8,12-13,15H,1-2,6-7,9H2,(H,18,21)(H2,19,20,22)/t12-,13-,15-/m0/s1. The van der Waals surface area contributed by atoms with Gasteiger partial charge in [-0.2, -0.15) is 0 Å². The van der Waals surface area contributed by atoms with Crippen molar-refractivity contribution in [3.05, 3.63) is 24.3 Å². The quantitative estimate of drug-likeness (QED) is 0.388. The fraction of sp³-hybridized carbons (Fsp3) is 0.500. The van der Waals surface area contributed by atoms with Gasteiger partial charge in [0.05, 0.1) is 0 Å². The predicted molar refractivity (Wildman–Crippen MR) is 88.7 cm³/mol. The summed E-state index contributed by atoms with van der Waals surface area (Å²) in [5.74, 6) is 1.07. The summed E-state index contributed by atoms with van der Waals surface area (Å²) in [7, 11) is 0. The van der Waals surface area contributed by atoms with E-state index in [1.54, 1.807) is 24.7 Å². The Bertz CT molecular complexity index is 598. The molecule has 2 saturated heterocycles. The Kier molecular flexibility index (Phi) is 5.81. The van der Waals surface area contributed by atoms with Crippen molar-refractivity contribution in [1.29, 1.82) is 0 Å². The van der Waals surface area contributed by atoms with E-state index in [9.17, 15) is 9.59 Å². The normalized spacial score (nSPS) is 25.6. The van der Waals surface area contributed by atoms with Crippen molar-refractivity contribution < 1.29 is 34.3 Å². The zero-order valence-corrected chi connectivity index (χ0v) is 16.4. The predicted octanol–water partition coefficient (Wildman–Crippen LogP) is 1.53. The SMILES string of the molecule is O=C(CCCC[C@@H]1SC[C@@H]2NC(=O)N[C@@H]21)Nc1cccc([At])c1. The zero-order chi connectivity index (χ0) is 16.2. The number of carbonyl (C=O) groups excluding carboxylic acids is 2. The molecule has 0 radical (unpaired) electrons. The van der Waals surface area contributed by atoms with Crippen LogP contribution in [0.25, 0.3) is 0 Å². The number of benzene rings is 1. The monoisotopic (exact) mass is 528 g/mol. The van der Waals surface area contributed by atoms with Crippen molar-refractivity contribution in [2.45, 2.75) is 43.0 Å². The van der Waals surface area contributed by atoms with E-state index in [4.69, 9.17) is 0 Å². The van der Waals surface area contributed by atoms with E-state index in [1.165, 1.54) is 3.27 Å². The molecule has 1 aromatic carbocycles. The zero-order valence-electron chi connectivity index (χ0n) is 12.7. The van der Waals surface area contributed by atoms with Gasteiger partial charge in [0.15, 0.2) is 0 Å². The van der Waals surface area contributed by atoms with Crippen LogP contribution in [-0.2, 0) is 4.79 Å². The summed E-state index contributed by atoms with van der Waals surface area (Å²) in [6.45, 7) is 0. The van der Waals surface area contributed by atoms with Crippen LogP contribution >= 0.6 is 11.8 Å². The minimum absolute atomic E-state index is 0.0379. The van der Waals surface area contributed by atoms with Crippen LogP contribution < -0.4 is 19.2 Å². The van der Waals surface area contributed by atoms with Gasteiger partial charge in [-0.1, -0.05) is 0 Å². The van der Waals surface area contributed by atoms with Crippen LogP contribution in [0.5, 0.6) is 0 Å². The van der Waals surface area contributed by atoms with E-state index in [-0.39, 0.29) is 24.0 Å². The molecule has 124 valence electrons. The number of hydrogen-bond acceptors (Lipinski definition) is 3. The molecule has 0 aliphatic carbocycles. The molecule has 0 unspecified atom stereocenters. The number of fused-ring (bicyclic) bond motifs is 1. The van der Waals surface area contributed by atoms with E-state index in [1.807, 2.05) is 36.0 Å². The number of nitrogens with one attached hydrogen (secondary N) is 3. The molecule has 2 heterocycles. The topological polar surface area (TPSA) is 70.2 Å². The van der Waals surface area contributed by atoms with E-state index in [0.29, 0.717) is 11.7 Å². The molecular weight excluding hydrogens is 508 g/mol. The van der Waals surface area contributed by atoms with E-state index in [0.717, 1.165) is 30.7 Å². The Morgan fingerprint density at radius 2 is 2.22 bits per heavy atom. The molecule has 23 heavy (non-hydrogen) atoms. The van der Waals surface area contributed by atoms with E-state index < -0.39 is 0 Å². The molecule has 2 fully saturated rings. The second-order valence-corrected chi connectivity index (χ2v) is 8.89. The third-order valence-electron chi connectivity index (χ3n) is 4.19. The van der Waals surface area contributed by atoms with Gasteiger partial charge < -0.3 is 5.32 Å².